The molecule has 1 heterocycles. The molecule has 0 aromatic heterocycles. The quantitative estimate of drug-likeness (QED) is 0.345. The summed E-state index contributed by atoms with van der Waals surface area (Å²) in [7, 11) is 7.85. The van der Waals surface area contributed by atoms with Gasteiger partial charge in [0.15, 0.2) is 0 Å². The lowest BCUT2D eigenvalue weighted by molar-refractivity contribution is -0.139. The van der Waals surface area contributed by atoms with Crippen molar-refractivity contribution in [1.82, 2.24) is 9.80 Å². The average Bonchev–Trinajstić information content (AvgIpc) is 3.05. The van der Waals surface area contributed by atoms with Crippen LogP contribution < -0.4 is 9.64 Å². The normalized spacial score (nSPS) is 17.5. The fourth-order valence-electron chi connectivity index (χ4n) is 4.24. The molecule has 1 saturated heterocycles. The van der Waals surface area contributed by atoms with Crippen LogP contribution in [-0.2, 0) is 9.59 Å². The molecule has 34 heavy (non-hydrogen) atoms. The molecule has 182 valence electrons. The van der Waals surface area contributed by atoms with Gasteiger partial charge in [0.25, 0.3) is 11.7 Å². The number of carbonyl (C=O) groups excluding carboxylic acids is 2. The number of hydrogen-bond donors (Lipinski definition) is 1. The predicted molar refractivity (Wildman–Crippen MR) is 135 cm³/mol. The number of rotatable bonds is 9. The smallest absolute Gasteiger partial charge is 0.295 e. The van der Waals surface area contributed by atoms with Gasteiger partial charge in [-0.3, -0.25) is 9.59 Å². The number of anilines is 1. The fourth-order valence-corrected chi connectivity index (χ4v) is 4.24. The first-order chi connectivity index (χ1) is 16.1. The van der Waals surface area contributed by atoms with E-state index in [0.29, 0.717) is 25.1 Å². The van der Waals surface area contributed by atoms with E-state index in [1.165, 1.54) is 0 Å². The Morgan fingerprint density at radius 2 is 1.74 bits per heavy atom. The zero-order valence-corrected chi connectivity index (χ0v) is 21.0. The van der Waals surface area contributed by atoms with E-state index < -0.39 is 17.7 Å². The van der Waals surface area contributed by atoms with Gasteiger partial charge < -0.3 is 24.5 Å². The minimum absolute atomic E-state index is 0.121. The van der Waals surface area contributed by atoms with Crippen molar-refractivity contribution in [1.29, 1.82) is 0 Å². The number of benzene rings is 2. The second-order valence-corrected chi connectivity index (χ2v) is 9.05. The first kappa shape index (κ1) is 25.3. The summed E-state index contributed by atoms with van der Waals surface area (Å²) in [5.41, 5.74) is 3.26. The highest BCUT2D eigenvalue weighted by molar-refractivity contribution is 6.46. The Labute approximate surface area is 202 Å². The van der Waals surface area contributed by atoms with Gasteiger partial charge in [-0.1, -0.05) is 12.1 Å². The molecule has 1 amide bonds. The summed E-state index contributed by atoms with van der Waals surface area (Å²) in [5.74, 6) is -0.680. The molecule has 1 aliphatic heterocycles. The molecule has 7 nitrogen and oxygen atoms in total. The number of Topliss-reactive ketones (excluding diaryl/α,β-unsaturated/α-hetero) is 1. The Morgan fingerprint density at radius 3 is 2.29 bits per heavy atom. The molecule has 0 radical (unpaired) electrons. The minimum Gasteiger partial charge on any atom is -0.507 e. The van der Waals surface area contributed by atoms with Gasteiger partial charge >= 0.3 is 0 Å². The first-order valence-electron chi connectivity index (χ1n) is 11.6. The van der Waals surface area contributed by atoms with Gasteiger partial charge in [-0.25, -0.2) is 0 Å². The molecule has 7 heteroatoms. The van der Waals surface area contributed by atoms with E-state index in [-0.39, 0.29) is 11.3 Å². The van der Waals surface area contributed by atoms with Crippen LogP contribution in [0.4, 0.5) is 5.69 Å². The molecule has 1 aliphatic rings. The van der Waals surface area contributed by atoms with Crippen LogP contribution in [0, 0.1) is 6.92 Å². The topological polar surface area (TPSA) is 73.3 Å². The Kier molecular flexibility index (Phi) is 7.99. The summed E-state index contributed by atoms with van der Waals surface area (Å²) in [4.78, 5) is 31.9. The molecule has 1 N–H and O–H groups in total. The van der Waals surface area contributed by atoms with Crippen LogP contribution in [0.15, 0.2) is 48.0 Å². The van der Waals surface area contributed by atoms with Gasteiger partial charge in [0.05, 0.1) is 18.2 Å². The number of hydrogen-bond acceptors (Lipinski definition) is 6. The van der Waals surface area contributed by atoms with Crippen LogP contribution >= 0.6 is 0 Å². The van der Waals surface area contributed by atoms with Crippen LogP contribution in [0.3, 0.4) is 0 Å². The average molecular weight is 466 g/mol. The molecule has 0 saturated carbocycles. The van der Waals surface area contributed by atoms with E-state index in [4.69, 9.17) is 4.74 Å². The van der Waals surface area contributed by atoms with Crippen molar-refractivity contribution in [3.05, 3.63) is 64.7 Å². The molecule has 3 rings (SSSR count). The lowest BCUT2D eigenvalue weighted by Crippen LogP contribution is -2.32. The summed E-state index contributed by atoms with van der Waals surface area (Å²) in [6.45, 7) is 5.54. The zero-order chi connectivity index (χ0) is 25.0. The van der Waals surface area contributed by atoms with Gasteiger partial charge in [0, 0.05) is 31.9 Å². The highest BCUT2D eigenvalue weighted by Gasteiger charge is 2.45. The summed E-state index contributed by atoms with van der Waals surface area (Å²) >= 11 is 0. The third kappa shape index (κ3) is 5.25. The molecule has 1 unspecified atom stereocenters. The van der Waals surface area contributed by atoms with Gasteiger partial charge in [-0.05, 0) is 82.4 Å². The summed E-state index contributed by atoms with van der Waals surface area (Å²) in [5, 5.41) is 11.3. The maximum atomic E-state index is 13.2. The van der Waals surface area contributed by atoms with E-state index in [2.05, 4.69) is 0 Å². The summed E-state index contributed by atoms with van der Waals surface area (Å²) in [6, 6.07) is 12.4. The Morgan fingerprint density at radius 1 is 1.06 bits per heavy atom. The largest absolute Gasteiger partial charge is 0.507 e. The van der Waals surface area contributed by atoms with Gasteiger partial charge in [-0.2, -0.15) is 0 Å². The minimum atomic E-state index is -0.657. The maximum Gasteiger partial charge on any atom is 0.295 e. The number of aliphatic hydroxyl groups is 1. The van der Waals surface area contributed by atoms with Crippen LogP contribution in [0.25, 0.3) is 5.76 Å². The van der Waals surface area contributed by atoms with Crippen molar-refractivity contribution < 1.29 is 19.4 Å². The maximum absolute atomic E-state index is 13.2. The van der Waals surface area contributed by atoms with E-state index in [0.717, 1.165) is 29.1 Å². The number of amides is 1. The predicted octanol–water partition coefficient (Wildman–Crippen LogP) is 3.83. The second-order valence-electron chi connectivity index (χ2n) is 9.05. The molecule has 2 aromatic carbocycles. The number of aryl methyl sites for hydroxylation is 1. The molecule has 1 atom stereocenters. The molecule has 2 aromatic rings. The van der Waals surface area contributed by atoms with E-state index in [1.54, 1.807) is 23.1 Å². The SMILES string of the molecule is CCOc1ccc(/C(O)=C2\C(=O)C(=O)N(CCCN(C)C)C2c2ccc(N(C)C)cc2)cc1C. The summed E-state index contributed by atoms with van der Waals surface area (Å²) < 4.78 is 5.60. The van der Waals surface area contributed by atoms with Gasteiger partial charge in [0.2, 0.25) is 0 Å². The highest BCUT2D eigenvalue weighted by Crippen LogP contribution is 2.40. The fraction of sp³-hybridized carbons (Fsp3) is 0.407. The van der Waals surface area contributed by atoms with Gasteiger partial charge in [-0.15, -0.1) is 0 Å². The number of ether oxygens (including phenoxy) is 1. The lowest BCUT2D eigenvalue weighted by atomic mass is 9.94. The van der Waals surface area contributed by atoms with Crippen LogP contribution in [0.5, 0.6) is 5.75 Å². The summed E-state index contributed by atoms with van der Waals surface area (Å²) in [6.07, 6.45) is 0.717. The Bertz CT molecular complexity index is 1070. The Balaban J connectivity index is 2.09. The third-order valence-corrected chi connectivity index (χ3v) is 6.02. The molecule has 1 fully saturated rings. The molecule has 0 aliphatic carbocycles. The second kappa shape index (κ2) is 10.7. The van der Waals surface area contributed by atoms with Gasteiger partial charge in [0.1, 0.15) is 11.5 Å². The standard InChI is InChI=1S/C27H35N3O4/c1-7-34-22-14-11-20(17-18(22)2)25(31)23-24(19-9-12-21(13-10-19)29(5)6)30(27(33)26(23)32)16-8-15-28(3)4/h9-14,17,24,31H,7-8,15-16H2,1-6H3/b25-23+. The van der Waals surface area contributed by atoms with Crippen LogP contribution in [0.2, 0.25) is 0 Å². The Hall–Kier alpha value is -3.32. The van der Waals surface area contributed by atoms with Crippen molar-refractivity contribution in [3.8, 4) is 5.75 Å². The van der Waals surface area contributed by atoms with Crippen molar-refractivity contribution in [2.24, 2.45) is 0 Å². The van der Waals surface area contributed by atoms with Crippen molar-refractivity contribution >= 4 is 23.1 Å². The monoisotopic (exact) mass is 465 g/mol. The molecule has 0 spiro atoms. The van der Waals surface area contributed by atoms with Crippen molar-refractivity contribution in [2.75, 3.05) is 52.8 Å². The van der Waals surface area contributed by atoms with Crippen molar-refractivity contribution in [3.63, 3.8) is 0 Å². The zero-order valence-electron chi connectivity index (χ0n) is 21.0. The highest BCUT2D eigenvalue weighted by atomic mass is 16.5. The van der Waals surface area contributed by atoms with E-state index in [9.17, 15) is 14.7 Å². The van der Waals surface area contributed by atoms with E-state index in [1.807, 2.05) is 76.1 Å². The van der Waals surface area contributed by atoms with Crippen molar-refractivity contribution in [2.45, 2.75) is 26.3 Å². The number of likely N-dealkylation sites (tertiary alicyclic amines) is 1. The first-order valence-corrected chi connectivity index (χ1v) is 11.6. The number of ketones is 1. The number of aliphatic hydroxyl groups excluding tert-OH is 1. The van der Waals surface area contributed by atoms with Crippen LogP contribution in [-0.4, -0.2) is 74.5 Å². The number of carbonyl (C=O) groups is 2. The third-order valence-electron chi connectivity index (χ3n) is 6.02. The molecular weight excluding hydrogens is 430 g/mol. The molecular formula is C27H35N3O4. The lowest BCUT2D eigenvalue weighted by Gasteiger charge is -2.26. The molecule has 0 bridgehead atoms. The number of nitrogens with zero attached hydrogens (tertiary/aromatic N) is 3. The van der Waals surface area contributed by atoms with E-state index >= 15 is 0 Å². The van der Waals surface area contributed by atoms with Crippen LogP contribution in [0.1, 0.15) is 36.1 Å².